The topological polar surface area (TPSA) is 87.2 Å². The average Bonchev–Trinajstić information content (AvgIpc) is 2.95. The van der Waals surface area contributed by atoms with E-state index in [1.54, 1.807) is 28.9 Å². The van der Waals surface area contributed by atoms with E-state index in [1.807, 2.05) is 13.8 Å². The Morgan fingerprint density at radius 3 is 2.24 bits per heavy atom. The highest BCUT2D eigenvalue weighted by Gasteiger charge is 2.36. The predicted molar refractivity (Wildman–Crippen MR) is 106 cm³/mol. The molecule has 0 unspecified atom stereocenters. The number of rotatable bonds is 5. The summed E-state index contributed by atoms with van der Waals surface area (Å²) in [7, 11) is 0. The lowest BCUT2D eigenvalue weighted by Gasteiger charge is -2.34. The van der Waals surface area contributed by atoms with Crippen LogP contribution >= 0.6 is 0 Å². The van der Waals surface area contributed by atoms with Crippen molar-refractivity contribution in [2.75, 3.05) is 39.3 Å². The van der Waals surface area contributed by atoms with Gasteiger partial charge in [-0.25, -0.2) is 4.79 Å². The third-order valence-electron chi connectivity index (χ3n) is 5.24. The molecule has 0 aromatic heterocycles. The molecule has 1 fully saturated rings. The van der Waals surface area contributed by atoms with Gasteiger partial charge in [-0.15, -0.1) is 0 Å². The van der Waals surface area contributed by atoms with Crippen LogP contribution in [-0.2, 0) is 4.74 Å². The zero-order chi connectivity index (χ0) is 21.1. The molecule has 4 amide bonds. The Balaban J connectivity index is 1.68. The number of imide groups is 1. The van der Waals surface area contributed by atoms with Crippen molar-refractivity contribution in [2.45, 2.75) is 27.2 Å². The summed E-state index contributed by atoms with van der Waals surface area (Å²) in [5, 5.41) is 0. The summed E-state index contributed by atoms with van der Waals surface area (Å²) < 4.78 is 4.99. The zero-order valence-electron chi connectivity index (χ0n) is 17.1. The maximum absolute atomic E-state index is 12.9. The first kappa shape index (κ1) is 20.8. The summed E-state index contributed by atoms with van der Waals surface area (Å²) in [6.07, 6.45) is 0.366. The molecular weight excluding hydrogens is 374 g/mol. The van der Waals surface area contributed by atoms with Gasteiger partial charge in [0.2, 0.25) is 0 Å². The van der Waals surface area contributed by atoms with Gasteiger partial charge in [0.1, 0.15) is 0 Å². The van der Waals surface area contributed by atoms with Gasteiger partial charge in [-0.05, 0) is 37.5 Å². The van der Waals surface area contributed by atoms with Crippen LogP contribution in [0.1, 0.15) is 58.3 Å². The lowest BCUT2D eigenvalue weighted by atomic mass is 10.0. The normalized spacial score (nSPS) is 16.5. The van der Waals surface area contributed by atoms with Gasteiger partial charge in [0.25, 0.3) is 17.7 Å². The fourth-order valence-electron chi connectivity index (χ4n) is 3.50. The standard InChI is InChI=1S/C21H27N3O5/c1-4-29-21(28)23-11-9-22(10-12-23)18(25)15-5-6-16-17(13-15)20(27)24(19(16)26)8-7-14(2)3/h5-6,13-14H,4,7-12H2,1-3H3. The van der Waals surface area contributed by atoms with Crippen molar-refractivity contribution in [3.05, 3.63) is 34.9 Å². The Morgan fingerprint density at radius 2 is 1.62 bits per heavy atom. The number of hydrogen-bond acceptors (Lipinski definition) is 5. The van der Waals surface area contributed by atoms with Crippen LogP contribution in [-0.4, -0.2) is 77.8 Å². The second-order valence-corrected chi connectivity index (χ2v) is 7.68. The van der Waals surface area contributed by atoms with Crippen LogP contribution in [0.5, 0.6) is 0 Å². The van der Waals surface area contributed by atoms with Crippen molar-refractivity contribution < 1.29 is 23.9 Å². The number of nitrogens with zero attached hydrogens (tertiary/aromatic N) is 3. The summed E-state index contributed by atoms with van der Waals surface area (Å²) in [4.78, 5) is 54.3. The highest BCUT2D eigenvalue weighted by Crippen LogP contribution is 2.25. The lowest BCUT2D eigenvalue weighted by Crippen LogP contribution is -2.50. The van der Waals surface area contributed by atoms with Crippen molar-refractivity contribution in [1.82, 2.24) is 14.7 Å². The number of carbonyl (C=O) groups excluding carboxylic acids is 4. The fraction of sp³-hybridized carbons (Fsp3) is 0.524. The molecule has 0 saturated carbocycles. The zero-order valence-corrected chi connectivity index (χ0v) is 17.1. The minimum absolute atomic E-state index is 0.211. The van der Waals surface area contributed by atoms with Crippen LogP contribution in [0.2, 0.25) is 0 Å². The van der Waals surface area contributed by atoms with Gasteiger partial charge in [-0.3, -0.25) is 19.3 Å². The first-order valence-electron chi connectivity index (χ1n) is 10.0. The number of piperazine rings is 1. The molecule has 2 aliphatic heterocycles. The molecule has 3 rings (SSSR count). The molecular formula is C21H27N3O5. The summed E-state index contributed by atoms with van der Waals surface area (Å²) >= 11 is 0. The number of hydrogen-bond donors (Lipinski definition) is 0. The highest BCUT2D eigenvalue weighted by molar-refractivity contribution is 6.22. The maximum atomic E-state index is 12.9. The Hall–Kier alpha value is -2.90. The molecule has 1 saturated heterocycles. The van der Waals surface area contributed by atoms with Crippen LogP contribution in [0.3, 0.4) is 0 Å². The van der Waals surface area contributed by atoms with Crippen molar-refractivity contribution in [3.8, 4) is 0 Å². The Labute approximate surface area is 170 Å². The fourth-order valence-corrected chi connectivity index (χ4v) is 3.50. The minimum Gasteiger partial charge on any atom is -0.450 e. The highest BCUT2D eigenvalue weighted by atomic mass is 16.6. The van der Waals surface area contributed by atoms with Gasteiger partial charge in [0.15, 0.2) is 0 Å². The monoisotopic (exact) mass is 401 g/mol. The van der Waals surface area contributed by atoms with E-state index < -0.39 is 0 Å². The third-order valence-corrected chi connectivity index (χ3v) is 5.24. The van der Waals surface area contributed by atoms with Crippen LogP contribution in [0, 0.1) is 5.92 Å². The first-order chi connectivity index (χ1) is 13.8. The first-order valence-corrected chi connectivity index (χ1v) is 10.0. The summed E-state index contributed by atoms with van der Waals surface area (Å²) in [5.74, 6) is -0.470. The van der Waals surface area contributed by atoms with Crippen molar-refractivity contribution >= 4 is 23.8 Å². The molecule has 0 aliphatic carbocycles. The third kappa shape index (κ3) is 4.26. The van der Waals surface area contributed by atoms with E-state index in [0.29, 0.717) is 56.4 Å². The molecule has 0 atom stereocenters. The molecule has 0 N–H and O–H groups in total. The van der Waals surface area contributed by atoms with E-state index in [0.717, 1.165) is 6.42 Å². The van der Waals surface area contributed by atoms with E-state index in [9.17, 15) is 19.2 Å². The SMILES string of the molecule is CCOC(=O)N1CCN(C(=O)c2ccc3c(c2)C(=O)N(CCC(C)C)C3=O)CC1. The minimum atomic E-state index is -0.372. The number of carbonyl (C=O) groups is 4. The predicted octanol–water partition coefficient (Wildman–Crippen LogP) is 2.24. The second-order valence-electron chi connectivity index (χ2n) is 7.68. The van der Waals surface area contributed by atoms with Gasteiger partial charge in [-0.1, -0.05) is 13.8 Å². The van der Waals surface area contributed by atoms with Gasteiger partial charge in [0, 0.05) is 38.3 Å². The van der Waals surface area contributed by atoms with Crippen molar-refractivity contribution in [2.24, 2.45) is 5.92 Å². The molecule has 2 heterocycles. The van der Waals surface area contributed by atoms with Crippen LogP contribution in [0.4, 0.5) is 4.79 Å². The van der Waals surface area contributed by atoms with E-state index in [4.69, 9.17) is 4.74 Å². The van der Waals surface area contributed by atoms with Crippen molar-refractivity contribution in [1.29, 1.82) is 0 Å². The van der Waals surface area contributed by atoms with Crippen LogP contribution < -0.4 is 0 Å². The smallest absolute Gasteiger partial charge is 0.409 e. The molecule has 2 aliphatic rings. The molecule has 8 nitrogen and oxygen atoms in total. The molecule has 1 aromatic carbocycles. The number of amides is 4. The number of benzene rings is 1. The van der Waals surface area contributed by atoms with E-state index >= 15 is 0 Å². The Morgan fingerprint density at radius 1 is 1.00 bits per heavy atom. The molecule has 0 radical (unpaired) electrons. The second kappa shape index (κ2) is 8.63. The number of fused-ring (bicyclic) bond motifs is 1. The van der Waals surface area contributed by atoms with Gasteiger partial charge in [0.05, 0.1) is 17.7 Å². The van der Waals surface area contributed by atoms with E-state index in [2.05, 4.69) is 0 Å². The van der Waals surface area contributed by atoms with Crippen molar-refractivity contribution in [3.63, 3.8) is 0 Å². The van der Waals surface area contributed by atoms with Gasteiger partial charge >= 0.3 is 6.09 Å². The molecule has 8 heteroatoms. The molecule has 156 valence electrons. The van der Waals surface area contributed by atoms with E-state index in [1.165, 1.54) is 11.0 Å². The lowest BCUT2D eigenvalue weighted by molar-refractivity contribution is 0.0570. The maximum Gasteiger partial charge on any atom is 0.409 e. The Kier molecular flexibility index (Phi) is 6.20. The summed E-state index contributed by atoms with van der Waals surface area (Å²) in [5.41, 5.74) is 1.01. The van der Waals surface area contributed by atoms with Gasteiger partial charge in [-0.2, -0.15) is 0 Å². The van der Waals surface area contributed by atoms with E-state index in [-0.39, 0.29) is 29.4 Å². The largest absolute Gasteiger partial charge is 0.450 e. The Bertz CT molecular complexity index is 828. The number of ether oxygens (including phenoxy) is 1. The van der Waals surface area contributed by atoms with Gasteiger partial charge < -0.3 is 14.5 Å². The van der Waals surface area contributed by atoms with Crippen LogP contribution in [0.25, 0.3) is 0 Å². The van der Waals surface area contributed by atoms with Crippen LogP contribution in [0.15, 0.2) is 18.2 Å². The quantitative estimate of drug-likeness (QED) is 0.706. The molecule has 29 heavy (non-hydrogen) atoms. The summed E-state index contributed by atoms with van der Waals surface area (Å²) in [6, 6.07) is 4.67. The average molecular weight is 401 g/mol. The molecule has 1 aromatic rings. The summed E-state index contributed by atoms with van der Waals surface area (Å²) in [6.45, 7) is 8.10. The molecule has 0 spiro atoms. The molecule has 0 bridgehead atoms.